The van der Waals surface area contributed by atoms with E-state index in [9.17, 15) is 0 Å². The smallest absolute Gasteiger partial charge is 0.0757 e. The molecule has 0 bridgehead atoms. The number of rotatable bonds is 2. The zero-order valence-corrected chi connectivity index (χ0v) is 10.2. The lowest BCUT2D eigenvalue weighted by molar-refractivity contribution is -0.126. The maximum absolute atomic E-state index is 5.80. The second-order valence-electron chi connectivity index (χ2n) is 4.38. The molecule has 0 aromatic carbocycles. The van der Waals surface area contributed by atoms with Gasteiger partial charge in [0.2, 0.25) is 0 Å². The van der Waals surface area contributed by atoms with E-state index >= 15 is 0 Å². The van der Waals surface area contributed by atoms with Crippen LogP contribution in [0.5, 0.6) is 0 Å². The SMILES string of the molecule is C=C(Br)CN1CC(C)OC(C)(C)C1. The molecule has 1 unspecified atom stereocenters. The minimum Gasteiger partial charge on any atom is -0.370 e. The first-order chi connectivity index (χ1) is 5.89. The molecule has 0 saturated carbocycles. The van der Waals surface area contributed by atoms with Crippen molar-refractivity contribution in [1.82, 2.24) is 4.90 Å². The molecule has 0 N–H and O–H groups in total. The van der Waals surface area contributed by atoms with E-state index in [0.717, 1.165) is 24.1 Å². The Labute approximate surface area is 89.1 Å². The lowest BCUT2D eigenvalue weighted by Gasteiger charge is -2.41. The van der Waals surface area contributed by atoms with E-state index in [4.69, 9.17) is 4.74 Å². The van der Waals surface area contributed by atoms with Gasteiger partial charge in [-0.15, -0.1) is 0 Å². The molecule has 1 aliphatic heterocycles. The monoisotopic (exact) mass is 247 g/mol. The van der Waals surface area contributed by atoms with Crippen molar-refractivity contribution in [3.05, 3.63) is 11.1 Å². The number of hydrogen-bond donors (Lipinski definition) is 0. The second kappa shape index (κ2) is 4.11. The Hall–Kier alpha value is 0.140. The van der Waals surface area contributed by atoms with Crippen molar-refractivity contribution >= 4 is 15.9 Å². The Balaban J connectivity index is 2.52. The summed E-state index contributed by atoms with van der Waals surface area (Å²) in [6.45, 7) is 13.1. The molecule has 0 aromatic rings. The maximum Gasteiger partial charge on any atom is 0.0757 e. The van der Waals surface area contributed by atoms with Crippen LogP contribution < -0.4 is 0 Å². The standard InChI is InChI=1S/C10H18BrNO/c1-8(11)5-12-6-9(2)13-10(3,4)7-12/h9H,1,5-7H2,2-4H3. The summed E-state index contributed by atoms with van der Waals surface area (Å²) >= 11 is 3.39. The molecule has 13 heavy (non-hydrogen) atoms. The highest BCUT2D eigenvalue weighted by atomic mass is 79.9. The third-order valence-corrected chi connectivity index (χ3v) is 2.29. The number of nitrogens with zero attached hydrogens (tertiary/aromatic N) is 1. The molecule has 0 spiro atoms. The lowest BCUT2D eigenvalue weighted by atomic mass is 10.1. The molecule has 1 fully saturated rings. The molecule has 1 atom stereocenters. The largest absolute Gasteiger partial charge is 0.370 e. The van der Waals surface area contributed by atoms with Crippen LogP contribution in [0.4, 0.5) is 0 Å². The molecule has 1 aliphatic rings. The van der Waals surface area contributed by atoms with Crippen molar-refractivity contribution in [2.45, 2.75) is 32.5 Å². The molecule has 0 amide bonds. The summed E-state index contributed by atoms with van der Waals surface area (Å²) in [5.74, 6) is 0. The van der Waals surface area contributed by atoms with Gasteiger partial charge in [0, 0.05) is 24.1 Å². The van der Waals surface area contributed by atoms with E-state index in [2.05, 4.69) is 48.2 Å². The molecule has 0 radical (unpaired) electrons. The van der Waals surface area contributed by atoms with Crippen LogP contribution >= 0.6 is 15.9 Å². The van der Waals surface area contributed by atoms with Gasteiger partial charge in [-0.2, -0.15) is 0 Å². The zero-order valence-electron chi connectivity index (χ0n) is 8.64. The molecule has 1 heterocycles. The Kier molecular flexibility index (Phi) is 3.55. The van der Waals surface area contributed by atoms with Crippen LogP contribution in [0.15, 0.2) is 11.1 Å². The number of hydrogen-bond acceptors (Lipinski definition) is 2. The Morgan fingerprint density at radius 1 is 1.69 bits per heavy atom. The van der Waals surface area contributed by atoms with Crippen LogP contribution in [0.2, 0.25) is 0 Å². The van der Waals surface area contributed by atoms with Crippen molar-refractivity contribution in [3.8, 4) is 0 Å². The van der Waals surface area contributed by atoms with Crippen LogP contribution in [-0.2, 0) is 4.74 Å². The Morgan fingerprint density at radius 3 is 2.77 bits per heavy atom. The number of halogens is 1. The van der Waals surface area contributed by atoms with Crippen LogP contribution in [0.1, 0.15) is 20.8 Å². The van der Waals surface area contributed by atoms with E-state index in [1.165, 1.54) is 0 Å². The average Bonchev–Trinajstić information content (AvgIpc) is 1.78. The molecule has 1 rings (SSSR count). The van der Waals surface area contributed by atoms with Crippen LogP contribution in [0, 0.1) is 0 Å². The summed E-state index contributed by atoms with van der Waals surface area (Å²) < 4.78 is 6.84. The fraction of sp³-hybridized carbons (Fsp3) is 0.800. The highest BCUT2D eigenvalue weighted by Crippen LogP contribution is 2.21. The van der Waals surface area contributed by atoms with Gasteiger partial charge in [-0.3, -0.25) is 4.90 Å². The van der Waals surface area contributed by atoms with Gasteiger partial charge in [0.15, 0.2) is 0 Å². The Bertz CT molecular complexity index is 203. The van der Waals surface area contributed by atoms with Gasteiger partial charge in [0.1, 0.15) is 0 Å². The second-order valence-corrected chi connectivity index (χ2v) is 5.50. The van der Waals surface area contributed by atoms with Crippen molar-refractivity contribution < 1.29 is 4.74 Å². The van der Waals surface area contributed by atoms with Crippen molar-refractivity contribution in [1.29, 1.82) is 0 Å². The van der Waals surface area contributed by atoms with Gasteiger partial charge >= 0.3 is 0 Å². The van der Waals surface area contributed by atoms with Gasteiger partial charge in [-0.1, -0.05) is 22.5 Å². The van der Waals surface area contributed by atoms with Crippen molar-refractivity contribution in [2.75, 3.05) is 19.6 Å². The third kappa shape index (κ3) is 3.79. The van der Waals surface area contributed by atoms with E-state index < -0.39 is 0 Å². The fourth-order valence-electron chi connectivity index (χ4n) is 1.95. The normalized spacial score (nSPS) is 28.8. The molecular weight excluding hydrogens is 230 g/mol. The molecule has 3 heteroatoms. The Morgan fingerprint density at radius 2 is 2.31 bits per heavy atom. The third-order valence-electron chi connectivity index (χ3n) is 2.04. The van der Waals surface area contributed by atoms with Gasteiger partial charge in [0.05, 0.1) is 11.7 Å². The van der Waals surface area contributed by atoms with Crippen LogP contribution in [0.3, 0.4) is 0 Å². The first-order valence-electron chi connectivity index (χ1n) is 4.62. The topological polar surface area (TPSA) is 12.5 Å². The van der Waals surface area contributed by atoms with Gasteiger partial charge in [-0.05, 0) is 20.8 Å². The molecule has 1 saturated heterocycles. The summed E-state index contributed by atoms with van der Waals surface area (Å²) in [6.07, 6.45) is 0.315. The van der Waals surface area contributed by atoms with E-state index in [0.29, 0.717) is 6.10 Å². The van der Waals surface area contributed by atoms with Crippen molar-refractivity contribution in [3.63, 3.8) is 0 Å². The predicted molar refractivity (Wildman–Crippen MR) is 59.1 cm³/mol. The zero-order chi connectivity index (χ0) is 10.1. The molecule has 76 valence electrons. The summed E-state index contributed by atoms with van der Waals surface area (Å²) in [7, 11) is 0. The van der Waals surface area contributed by atoms with Crippen LogP contribution in [-0.4, -0.2) is 36.2 Å². The minimum absolute atomic E-state index is 0.0277. The molecule has 2 nitrogen and oxygen atoms in total. The van der Waals surface area contributed by atoms with Gasteiger partial charge in [-0.25, -0.2) is 0 Å². The first-order valence-corrected chi connectivity index (χ1v) is 5.42. The van der Waals surface area contributed by atoms with E-state index in [-0.39, 0.29) is 5.60 Å². The first kappa shape index (κ1) is 11.2. The maximum atomic E-state index is 5.80. The highest BCUT2D eigenvalue weighted by molar-refractivity contribution is 9.11. The highest BCUT2D eigenvalue weighted by Gasteiger charge is 2.30. The van der Waals surface area contributed by atoms with Crippen molar-refractivity contribution in [2.24, 2.45) is 0 Å². The summed E-state index contributed by atoms with van der Waals surface area (Å²) in [5, 5.41) is 0. The molecular formula is C10H18BrNO. The van der Waals surface area contributed by atoms with Gasteiger partial charge < -0.3 is 4.74 Å². The lowest BCUT2D eigenvalue weighted by Crippen LogP contribution is -2.51. The quantitative estimate of drug-likeness (QED) is 0.744. The number of ether oxygens (including phenoxy) is 1. The van der Waals surface area contributed by atoms with Gasteiger partial charge in [0.25, 0.3) is 0 Å². The average molecular weight is 248 g/mol. The molecule has 0 aromatic heterocycles. The predicted octanol–water partition coefficient (Wildman–Crippen LogP) is 2.39. The van der Waals surface area contributed by atoms with E-state index in [1.54, 1.807) is 0 Å². The number of morpholine rings is 1. The summed E-state index contributed by atoms with van der Waals surface area (Å²) in [4.78, 5) is 2.37. The summed E-state index contributed by atoms with van der Waals surface area (Å²) in [5.41, 5.74) is -0.0277. The summed E-state index contributed by atoms with van der Waals surface area (Å²) in [6, 6.07) is 0. The fourth-order valence-corrected chi connectivity index (χ4v) is 2.30. The minimum atomic E-state index is -0.0277. The van der Waals surface area contributed by atoms with Crippen LogP contribution in [0.25, 0.3) is 0 Å². The van der Waals surface area contributed by atoms with E-state index in [1.807, 2.05) is 0 Å². The molecule has 0 aliphatic carbocycles.